The summed E-state index contributed by atoms with van der Waals surface area (Å²) in [6.07, 6.45) is 5.26. The highest BCUT2D eigenvalue weighted by Crippen LogP contribution is 2.35. The minimum atomic E-state index is 0.663. The standard InChI is InChI=1S/C17H20N4/c18-10-12-5-7-21(8-6-12)17-19-11-14-9-13-3-1-2-4-15(13)16(14)20-17/h1-4,11-12H,5-10,18H2. The van der Waals surface area contributed by atoms with Crippen LogP contribution in [0.25, 0.3) is 11.3 Å². The van der Waals surface area contributed by atoms with Gasteiger partial charge in [-0.05, 0) is 30.9 Å². The van der Waals surface area contributed by atoms with Crippen molar-refractivity contribution in [3.8, 4) is 11.3 Å². The van der Waals surface area contributed by atoms with Gasteiger partial charge in [0.15, 0.2) is 0 Å². The third-order valence-electron chi connectivity index (χ3n) is 4.74. The molecular weight excluding hydrogens is 260 g/mol. The molecule has 4 nitrogen and oxygen atoms in total. The molecule has 108 valence electrons. The molecule has 0 spiro atoms. The monoisotopic (exact) mass is 280 g/mol. The number of rotatable bonds is 2. The zero-order valence-corrected chi connectivity index (χ0v) is 12.1. The average molecular weight is 280 g/mol. The summed E-state index contributed by atoms with van der Waals surface area (Å²) >= 11 is 0. The van der Waals surface area contributed by atoms with Crippen LogP contribution in [-0.2, 0) is 6.42 Å². The SMILES string of the molecule is NCC1CCN(c2ncc3c(n2)-c2ccccc2C3)CC1. The first kappa shape index (κ1) is 12.8. The summed E-state index contributed by atoms with van der Waals surface area (Å²) in [6, 6.07) is 8.53. The Kier molecular flexibility index (Phi) is 3.11. The highest BCUT2D eigenvalue weighted by Gasteiger charge is 2.24. The van der Waals surface area contributed by atoms with Crippen LogP contribution in [0.15, 0.2) is 30.5 Å². The highest BCUT2D eigenvalue weighted by atomic mass is 15.3. The van der Waals surface area contributed by atoms with Gasteiger partial charge in [0.25, 0.3) is 0 Å². The summed E-state index contributed by atoms with van der Waals surface area (Å²) in [7, 11) is 0. The second kappa shape index (κ2) is 5.11. The summed E-state index contributed by atoms with van der Waals surface area (Å²) in [5.74, 6) is 1.54. The number of nitrogens with zero attached hydrogens (tertiary/aromatic N) is 3. The molecule has 0 amide bonds. The van der Waals surface area contributed by atoms with Crippen LogP contribution in [0, 0.1) is 5.92 Å². The van der Waals surface area contributed by atoms with Crippen molar-refractivity contribution in [2.75, 3.05) is 24.5 Å². The van der Waals surface area contributed by atoms with E-state index in [1.807, 2.05) is 6.20 Å². The van der Waals surface area contributed by atoms with Gasteiger partial charge in [0.05, 0.1) is 5.69 Å². The number of nitrogens with two attached hydrogens (primary N) is 1. The third kappa shape index (κ3) is 2.20. The molecule has 2 heterocycles. The Morgan fingerprint density at radius 1 is 1.14 bits per heavy atom. The van der Waals surface area contributed by atoms with Crippen LogP contribution in [0.5, 0.6) is 0 Å². The van der Waals surface area contributed by atoms with Crippen LogP contribution in [0.4, 0.5) is 5.95 Å². The molecule has 0 bridgehead atoms. The largest absolute Gasteiger partial charge is 0.341 e. The van der Waals surface area contributed by atoms with Crippen molar-refractivity contribution < 1.29 is 0 Å². The lowest BCUT2D eigenvalue weighted by Gasteiger charge is -2.31. The molecule has 0 unspecified atom stereocenters. The highest BCUT2D eigenvalue weighted by molar-refractivity contribution is 5.73. The first-order valence-corrected chi connectivity index (χ1v) is 7.74. The lowest BCUT2D eigenvalue weighted by atomic mass is 9.97. The second-order valence-corrected chi connectivity index (χ2v) is 6.04. The van der Waals surface area contributed by atoms with Gasteiger partial charge < -0.3 is 10.6 Å². The molecule has 2 N–H and O–H groups in total. The molecule has 1 fully saturated rings. The van der Waals surface area contributed by atoms with Gasteiger partial charge in [-0.2, -0.15) is 0 Å². The van der Waals surface area contributed by atoms with Crippen LogP contribution in [0.3, 0.4) is 0 Å². The fourth-order valence-electron chi connectivity index (χ4n) is 3.39. The topological polar surface area (TPSA) is 55.0 Å². The van der Waals surface area contributed by atoms with Crippen molar-refractivity contribution in [1.29, 1.82) is 0 Å². The van der Waals surface area contributed by atoms with Crippen molar-refractivity contribution in [3.05, 3.63) is 41.6 Å². The van der Waals surface area contributed by atoms with Crippen molar-refractivity contribution in [1.82, 2.24) is 9.97 Å². The van der Waals surface area contributed by atoms with Crippen LogP contribution < -0.4 is 10.6 Å². The zero-order chi connectivity index (χ0) is 14.2. The van der Waals surface area contributed by atoms with Crippen LogP contribution in [0.1, 0.15) is 24.0 Å². The van der Waals surface area contributed by atoms with E-state index in [4.69, 9.17) is 10.7 Å². The molecule has 0 saturated carbocycles. The summed E-state index contributed by atoms with van der Waals surface area (Å²) in [5.41, 5.74) is 10.8. The normalized spacial score (nSPS) is 17.7. The fourth-order valence-corrected chi connectivity index (χ4v) is 3.39. The fraction of sp³-hybridized carbons (Fsp3) is 0.412. The van der Waals surface area contributed by atoms with E-state index in [1.54, 1.807) is 0 Å². The first-order chi connectivity index (χ1) is 10.3. The van der Waals surface area contributed by atoms with Gasteiger partial charge in [0.1, 0.15) is 0 Å². The summed E-state index contributed by atoms with van der Waals surface area (Å²) < 4.78 is 0. The van der Waals surface area contributed by atoms with E-state index in [0.717, 1.165) is 50.5 Å². The van der Waals surface area contributed by atoms with Crippen molar-refractivity contribution in [2.24, 2.45) is 11.7 Å². The molecule has 0 atom stereocenters. The predicted octanol–water partition coefficient (Wildman–Crippen LogP) is 2.22. The molecule has 4 rings (SSSR count). The van der Waals surface area contributed by atoms with E-state index in [0.29, 0.717) is 5.92 Å². The van der Waals surface area contributed by atoms with Gasteiger partial charge in [-0.15, -0.1) is 0 Å². The van der Waals surface area contributed by atoms with Crippen molar-refractivity contribution in [2.45, 2.75) is 19.3 Å². The van der Waals surface area contributed by atoms with E-state index in [-0.39, 0.29) is 0 Å². The Morgan fingerprint density at radius 3 is 2.76 bits per heavy atom. The number of fused-ring (bicyclic) bond motifs is 3. The van der Waals surface area contributed by atoms with Gasteiger partial charge in [-0.25, -0.2) is 9.97 Å². The van der Waals surface area contributed by atoms with E-state index in [2.05, 4.69) is 34.1 Å². The van der Waals surface area contributed by atoms with Gasteiger partial charge in [0.2, 0.25) is 5.95 Å². The Morgan fingerprint density at radius 2 is 1.95 bits per heavy atom. The molecular formula is C17H20N4. The number of hydrogen-bond acceptors (Lipinski definition) is 4. The summed E-state index contributed by atoms with van der Waals surface area (Å²) in [5, 5.41) is 0. The average Bonchev–Trinajstić information content (AvgIpc) is 2.93. The maximum absolute atomic E-state index is 5.76. The Labute approximate surface area is 125 Å². The summed E-state index contributed by atoms with van der Waals surface area (Å²) in [4.78, 5) is 11.7. The molecule has 2 aliphatic rings. The van der Waals surface area contributed by atoms with E-state index >= 15 is 0 Å². The van der Waals surface area contributed by atoms with E-state index < -0.39 is 0 Å². The lowest BCUT2D eigenvalue weighted by Crippen LogP contribution is -2.37. The quantitative estimate of drug-likeness (QED) is 0.782. The number of aromatic nitrogens is 2. The Hall–Kier alpha value is -1.94. The third-order valence-corrected chi connectivity index (χ3v) is 4.74. The number of piperidine rings is 1. The number of hydrogen-bond donors (Lipinski definition) is 1. The van der Waals surface area contributed by atoms with Crippen LogP contribution in [-0.4, -0.2) is 29.6 Å². The number of anilines is 1. The molecule has 1 aromatic heterocycles. The molecule has 1 aliphatic carbocycles. The van der Waals surface area contributed by atoms with Crippen molar-refractivity contribution >= 4 is 5.95 Å². The Balaban J connectivity index is 1.63. The van der Waals surface area contributed by atoms with Gasteiger partial charge >= 0.3 is 0 Å². The smallest absolute Gasteiger partial charge is 0.225 e. The minimum absolute atomic E-state index is 0.663. The summed E-state index contributed by atoms with van der Waals surface area (Å²) in [6.45, 7) is 2.83. The van der Waals surface area contributed by atoms with Crippen LogP contribution >= 0.6 is 0 Å². The van der Waals surface area contributed by atoms with Gasteiger partial charge in [0, 0.05) is 36.8 Å². The molecule has 1 saturated heterocycles. The first-order valence-electron chi connectivity index (χ1n) is 7.74. The second-order valence-electron chi connectivity index (χ2n) is 6.04. The molecule has 0 radical (unpaired) electrons. The number of benzene rings is 1. The molecule has 2 aromatic rings. The Bertz CT molecular complexity index is 660. The van der Waals surface area contributed by atoms with Gasteiger partial charge in [-0.3, -0.25) is 0 Å². The maximum atomic E-state index is 5.76. The molecule has 4 heteroatoms. The van der Waals surface area contributed by atoms with E-state index in [1.165, 1.54) is 16.7 Å². The van der Waals surface area contributed by atoms with Gasteiger partial charge in [-0.1, -0.05) is 24.3 Å². The zero-order valence-electron chi connectivity index (χ0n) is 12.1. The predicted molar refractivity (Wildman–Crippen MR) is 84.3 cm³/mol. The minimum Gasteiger partial charge on any atom is -0.341 e. The molecule has 1 aliphatic heterocycles. The van der Waals surface area contributed by atoms with Crippen LogP contribution in [0.2, 0.25) is 0 Å². The van der Waals surface area contributed by atoms with Crippen molar-refractivity contribution in [3.63, 3.8) is 0 Å². The maximum Gasteiger partial charge on any atom is 0.225 e. The molecule has 1 aromatic carbocycles. The van der Waals surface area contributed by atoms with E-state index in [9.17, 15) is 0 Å². The molecule has 21 heavy (non-hydrogen) atoms. The lowest BCUT2D eigenvalue weighted by molar-refractivity contribution is 0.411.